The SMILES string of the molecule is O=C(C1C2C(=O)N(CCc3ccncc3)C[C@@]23C=C[C@@H]1O3)N1CCCCC1. The number of carbonyl (C=O) groups is 2. The average Bonchev–Trinajstić information content (AvgIpc) is 3.35. The van der Waals surface area contributed by atoms with Gasteiger partial charge in [-0.05, 0) is 43.4 Å². The van der Waals surface area contributed by atoms with Gasteiger partial charge in [0.2, 0.25) is 11.8 Å². The third-order valence-electron chi connectivity index (χ3n) is 6.55. The fourth-order valence-corrected chi connectivity index (χ4v) is 5.19. The van der Waals surface area contributed by atoms with Crippen LogP contribution in [0.2, 0.25) is 0 Å². The Hall–Kier alpha value is -2.21. The van der Waals surface area contributed by atoms with Crippen LogP contribution >= 0.6 is 0 Å². The fraction of sp³-hybridized carbons (Fsp3) is 0.571. The van der Waals surface area contributed by atoms with E-state index in [0.717, 1.165) is 37.9 Å². The number of likely N-dealkylation sites (tertiary alicyclic amines) is 2. The summed E-state index contributed by atoms with van der Waals surface area (Å²) in [7, 11) is 0. The molecule has 4 aliphatic rings. The molecule has 4 atom stereocenters. The minimum atomic E-state index is -0.601. The van der Waals surface area contributed by atoms with Crippen molar-refractivity contribution < 1.29 is 14.3 Å². The van der Waals surface area contributed by atoms with Crippen LogP contribution in [0, 0.1) is 11.8 Å². The third kappa shape index (κ3) is 2.69. The van der Waals surface area contributed by atoms with Crippen molar-refractivity contribution in [3.8, 4) is 0 Å². The van der Waals surface area contributed by atoms with Gasteiger partial charge in [-0.25, -0.2) is 0 Å². The summed E-state index contributed by atoms with van der Waals surface area (Å²) in [4.78, 5) is 34.3. The zero-order chi connectivity index (χ0) is 18.4. The van der Waals surface area contributed by atoms with Gasteiger partial charge in [0, 0.05) is 32.0 Å². The van der Waals surface area contributed by atoms with Crippen LogP contribution in [0.25, 0.3) is 0 Å². The molecule has 1 aromatic heterocycles. The van der Waals surface area contributed by atoms with E-state index < -0.39 is 5.60 Å². The van der Waals surface area contributed by atoms with Crippen molar-refractivity contribution in [2.45, 2.75) is 37.4 Å². The van der Waals surface area contributed by atoms with Crippen LogP contribution in [-0.4, -0.2) is 64.5 Å². The summed E-state index contributed by atoms with van der Waals surface area (Å²) < 4.78 is 6.23. The zero-order valence-corrected chi connectivity index (χ0v) is 15.4. The van der Waals surface area contributed by atoms with Crippen molar-refractivity contribution in [1.29, 1.82) is 0 Å². The summed E-state index contributed by atoms with van der Waals surface area (Å²) in [5.74, 6) is -0.530. The topological polar surface area (TPSA) is 62.7 Å². The lowest BCUT2D eigenvalue weighted by Gasteiger charge is -2.32. The molecule has 4 aliphatic heterocycles. The molecule has 2 unspecified atom stereocenters. The maximum atomic E-state index is 13.2. The number of carbonyl (C=O) groups excluding carboxylic acids is 2. The first kappa shape index (κ1) is 16.9. The van der Waals surface area contributed by atoms with Gasteiger partial charge in [-0.1, -0.05) is 12.2 Å². The maximum Gasteiger partial charge on any atom is 0.230 e. The molecule has 0 aromatic carbocycles. The lowest BCUT2D eigenvalue weighted by Crippen LogP contribution is -2.47. The Kier molecular flexibility index (Phi) is 4.04. The van der Waals surface area contributed by atoms with E-state index in [2.05, 4.69) is 4.98 Å². The van der Waals surface area contributed by atoms with Crippen molar-refractivity contribution in [1.82, 2.24) is 14.8 Å². The number of hydrogen-bond acceptors (Lipinski definition) is 4. The van der Waals surface area contributed by atoms with Crippen molar-refractivity contribution in [2.24, 2.45) is 11.8 Å². The van der Waals surface area contributed by atoms with Gasteiger partial charge in [-0.15, -0.1) is 0 Å². The molecule has 0 radical (unpaired) electrons. The molecule has 1 aromatic rings. The molecule has 5 heterocycles. The highest BCUT2D eigenvalue weighted by Crippen LogP contribution is 2.52. The highest BCUT2D eigenvalue weighted by Gasteiger charge is 2.67. The normalized spacial score (nSPS) is 34.4. The molecule has 2 amide bonds. The number of pyridine rings is 1. The molecule has 0 aliphatic carbocycles. The second-order valence-electron chi connectivity index (χ2n) is 8.15. The highest BCUT2D eigenvalue weighted by atomic mass is 16.5. The van der Waals surface area contributed by atoms with Crippen LogP contribution in [0.3, 0.4) is 0 Å². The van der Waals surface area contributed by atoms with E-state index in [0.29, 0.717) is 13.1 Å². The molecule has 0 saturated carbocycles. The first-order valence-electron chi connectivity index (χ1n) is 10.0. The van der Waals surface area contributed by atoms with Gasteiger partial charge in [-0.3, -0.25) is 14.6 Å². The number of amides is 2. The van der Waals surface area contributed by atoms with Gasteiger partial charge in [0.1, 0.15) is 5.60 Å². The fourth-order valence-electron chi connectivity index (χ4n) is 5.19. The minimum Gasteiger partial charge on any atom is -0.360 e. The lowest BCUT2D eigenvalue weighted by molar-refractivity contribution is -0.143. The highest BCUT2D eigenvalue weighted by molar-refractivity contribution is 5.93. The predicted molar refractivity (Wildman–Crippen MR) is 98.7 cm³/mol. The molecule has 3 fully saturated rings. The lowest BCUT2D eigenvalue weighted by atomic mass is 9.76. The number of rotatable bonds is 4. The Morgan fingerprint density at radius 1 is 1.22 bits per heavy atom. The third-order valence-corrected chi connectivity index (χ3v) is 6.55. The summed E-state index contributed by atoms with van der Waals surface area (Å²) in [6.45, 7) is 2.82. The molecule has 3 saturated heterocycles. The Labute approximate surface area is 159 Å². The van der Waals surface area contributed by atoms with E-state index in [1.807, 2.05) is 34.1 Å². The second-order valence-corrected chi connectivity index (χ2v) is 8.15. The van der Waals surface area contributed by atoms with Gasteiger partial charge in [-0.2, -0.15) is 0 Å². The van der Waals surface area contributed by atoms with Crippen LogP contribution in [0.4, 0.5) is 0 Å². The van der Waals surface area contributed by atoms with Gasteiger partial charge in [0.15, 0.2) is 0 Å². The summed E-state index contributed by atoms with van der Waals surface area (Å²) in [5, 5.41) is 0. The maximum absolute atomic E-state index is 13.2. The van der Waals surface area contributed by atoms with Gasteiger partial charge in [0.25, 0.3) is 0 Å². The first-order chi connectivity index (χ1) is 13.2. The van der Waals surface area contributed by atoms with E-state index >= 15 is 0 Å². The number of piperidine rings is 1. The largest absolute Gasteiger partial charge is 0.360 e. The van der Waals surface area contributed by atoms with Crippen LogP contribution in [0.15, 0.2) is 36.7 Å². The predicted octanol–water partition coefficient (Wildman–Crippen LogP) is 1.42. The summed E-state index contributed by atoms with van der Waals surface area (Å²) >= 11 is 0. The molecular weight excluding hydrogens is 342 g/mol. The Morgan fingerprint density at radius 3 is 2.78 bits per heavy atom. The number of ether oxygens (including phenoxy) is 1. The molecule has 1 spiro atoms. The second kappa shape index (κ2) is 6.44. The molecule has 2 bridgehead atoms. The van der Waals surface area contributed by atoms with Gasteiger partial charge >= 0.3 is 0 Å². The number of nitrogens with zero attached hydrogens (tertiary/aromatic N) is 3. The quantitative estimate of drug-likeness (QED) is 0.755. The smallest absolute Gasteiger partial charge is 0.230 e. The van der Waals surface area contributed by atoms with E-state index in [1.165, 1.54) is 6.42 Å². The molecule has 27 heavy (non-hydrogen) atoms. The summed E-state index contributed by atoms with van der Waals surface area (Å²) in [6, 6.07) is 3.95. The summed E-state index contributed by atoms with van der Waals surface area (Å²) in [6.07, 6.45) is 11.4. The van der Waals surface area contributed by atoms with Gasteiger partial charge in [0.05, 0.1) is 24.5 Å². The standard InChI is InChI=1S/C21H25N3O3/c25-19(23-11-2-1-3-12-23)17-16-4-8-21(27-16)14-24(20(26)18(17)21)13-7-15-5-9-22-10-6-15/h4-6,8-10,16-18H,1-3,7,11-14H2/t16-,17?,18?,21-/m0/s1. The Morgan fingerprint density at radius 2 is 2.00 bits per heavy atom. The molecule has 5 rings (SSSR count). The average molecular weight is 367 g/mol. The molecule has 6 heteroatoms. The van der Waals surface area contributed by atoms with Crippen LogP contribution < -0.4 is 0 Å². The van der Waals surface area contributed by atoms with Crippen LogP contribution in [0.5, 0.6) is 0 Å². The monoisotopic (exact) mass is 367 g/mol. The summed E-state index contributed by atoms with van der Waals surface area (Å²) in [5.41, 5.74) is 0.560. The van der Waals surface area contributed by atoms with E-state index in [1.54, 1.807) is 12.4 Å². The minimum absolute atomic E-state index is 0.0752. The number of fused-ring (bicyclic) bond motifs is 1. The van der Waals surface area contributed by atoms with Gasteiger partial charge < -0.3 is 14.5 Å². The molecule has 0 N–H and O–H groups in total. The number of aromatic nitrogens is 1. The van der Waals surface area contributed by atoms with E-state index in [-0.39, 0.29) is 29.8 Å². The van der Waals surface area contributed by atoms with E-state index in [9.17, 15) is 9.59 Å². The zero-order valence-electron chi connectivity index (χ0n) is 15.4. The van der Waals surface area contributed by atoms with Crippen molar-refractivity contribution >= 4 is 11.8 Å². The first-order valence-corrected chi connectivity index (χ1v) is 10.0. The van der Waals surface area contributed by atoms with Crippen LogP contribution in [-0.2, 0) is 20.7 Å². The Balaban J connectivity index is 1.33. The molecule has 142 valence electrons. The number of hydrogen-bond donors (Lipinski definition) is 0. The van der Waals surface area contributed by atoms with Crippen molar-refractivity contribution in [2.75, 3.05) is 26.2 Å². The molecular formula is C21H25N3O3. The molecule has 6 nitrogen and oxygen atoms in total. The Bertz CT molecular complexity index is 774. The van der Waals surface area contributed by atoms with Crippen molar-refractivity contribution in [3.05, 3.63) is 42.2 Å². The van der Waals surface area contributed by atoms with Crippen molar-refractivity contribution in [3.63, 3.8) is 0 Å². The van der Waals surface area contributed by atoms with Crippen LogP contribution in [0.1, 0.15) is 24.8 Å². The van der Waals surface area contributed by atoms with E-state index in [4.69, 9.17) is 4.74 Å².